The number of thiophene rings is 1. The first-order valence-electron chi connectivity index (χ1n) is 9.47. The lowest BCUT2D eigenvalue weighted by Gasteiger charge is -2.12. The van der Waals surface area contributed by atoms with E-state index in [1.165, 1.54) is 54.2 Å². The molecule has 1 aliphatic carbocycles. The molecule has 1 heterocycles. The van der Waals surface area contributed by atoms with Gasteiger partial charge >= 0.3 is 0 Å². The summed E-state index contributed by atoms with van der Waals surface area (Å²) in [5, 5.41) is 6.64. The molecule has 6 nitrogen and oxygen atoms in total. The summed E-state index contributed by atoms with van der Waals surface area (Å²) in [6.07, 6.45) is 8.04. The van der Waals surface area contributed by atoms with Crippen LogP contribution in [0.15, 0.2) is 21.3 Å². The first-order valence-corrected chi connectivity index (χ1v) is 11.7. The molecule has 0 aliphatic heterocycles. The van der Waals surface area contributed by atoms with Crippen LogP contribution in [0.1, 0.15) is 50.3 Å². The molecule has 1 aromatic heterocycles. The molecule has 27 heavy (non-hydrogen) atoms. The Hall–Kier alpha value is -0.390. The number of hydrogen-bond donors (Lipinski definition) is 2. The van der Waals surface area contributed by atoms with Crippen molar-refractivity contribution < 1.29 is 8.42 Å². The Morgan fingerprint density at radius 1 is 1.26 bits per heavy atom. The van der Waals surface area contributed by atoms with Crippen LogP contribution in [0.5, 0.6) is 0 Å². The van der Waals surface area contributed by atoms with E-state index in [1.54, 1.807) is 20.2 Å². The van der Waals surface area contributed by atoms with Crippen LogP contribution in [-0.4, -0.2) is 45.9 Å². The fourth-order valence-electron chi connectivity index (χ4n) is 3.16. The molecule has 0 aromatic carbocycles. The van der Waals surface area contributed by atoms with Crippen molar-refractivity contribution in [3.63, 3.8) is 0 Å². The van der Waals surface area contributed by atoms with E-state index in [-0.39, 0.29) is 24.0 Å². The second kappa shape index (κ2) is 12.2. The van der Waals surface area contributed by atoms with Gasteiger partial charge in [-0.25, -0.2) is 17.7 Å². The largest absolute Gasteiger partial charge is 0.357 e. The van der Waals surface area contributed by atoms with Gasteiger partial charge in [0, 0.05) is 32.1 Å². The second-order valence-electron chi connectivity index (χ2n) is 6.92. The molecule has 0 unspecified atom stereocenters. The number of halogens is 1. The van der Waals surface area contributed by atoms with Crippen LogP contribution in [0.3, 0.4) is 0 Å². The minimum Gasteiger partial charge on any atom is -0.357 e. The molecular weight excluding hydrogens is 495 g/mol. The zero-order valence-electron chi connectivity index (χ0n) is 16.5. The summed E-state index contributed by atoms with van der Waals surface area (Å²) in [6.45, 7) is 4.25. The van der Waals surface area contributed by atoms with E-state index in [0.717, 1.165) is 29.8 Å². The zero-order valence-corrected chi connectivity index (χ0v) is 20.5. The Labute approximate surface area is 185 Å². The summed E-state index contributed by atoms with van der Waals surface area (Å²) >= 11 is 1.28. The Morgan fingerprint density at radius 2 is 1.96 bits per heavy atom. The van der Waals surface area contributed by atoms with Gasteiger partial charge in [0.15, 0.2) is 5.96 Å². The fourth-order valence-corrected chi connectivity index (χ4v) is 5.61. The molecule has 0 saturated heterocycles. The topological polar surface area (TPSA) is 73.8 Å². The van der Waals surface area contributed by atoms with Gasteiger partial charge in [-0.3, -0.25) is 0 Å². The van der Waals surface area contributed by atoms with Crippen molar-refractivity contribution >= 4 is 51.3 Å². The maximum atomic E-state index is 12.1. The van der Waals surface area contributed by atoms with Crippen LogP contribution in [0.4, 0.5) is 0 Å². The van der Waals surface area contributed by atoms with E-state index in [4.69, 9.17) is 0 Å². The highest BCUT2D eigenvalue weighted by Gasteiger charge is 2.19. The van der Waals surface area contributed by atoms with E-state index < -0.39 is 10.0 Å². The molecule has 0 bridgehead atoms. The van der Waals surface area contributed by atoms with Gasteiger partial charge in [0.05, 0.1) is 6.54 Å². The summed E-state index contributed by atoms with van der Waals surface area (Å²) in [5.41, 5.74) is 0. The quantitative estimate of drug-likeness (QED) is 0.222. The summed E-state index contributed by atoms with van der Waals surface area (Å²) in [5.74, 6) is 1.71. The van der Waals surface area contributed by atoms with Crippen LogP contribution < -0.4 is 10.6 Å². The first-order chi connectivity index (χ1) is 12.4. The third kappa shape index (κ3) is 7.86. The van der Waals surface area contributed by atoms with Gasteiger partial charge in [-0.2, -0.15) is 0 Å². The van der Waals surface area contributed by atoms with Crippen molar-refractivity contribution in [1.29, 1.82) is 0 Å². The predicted molar refractivity (Wildman–Crippen MR) is 125 cm³/mol. The Balaban J connectivity index is 0.00000364. The van der Waals surface area contributed by atoms with Gasteiger partial charge in [0.25, 0.3) is 10.0 Å². The van der Waals surface area contributed by atoms with Crippen molar-refractivity contribution in [2.24, 2.45) is 10.9 Å². The third-order valence-electron chi connectivity index (χ3n) is 4.67. The summed E-state index contributed by atoms with van der Waals surface area (Å²) < 4.78 is 25.9. The van der Waals surface area contributed by atoms with Crippen molar-refractivity contribution in [3.8, 4) is 0 Å². The Morgan fingerprint density at radius 3 is 2.59 bits per heavy atom. The molecule has 1 fully saturated rings. The van der Waals surface area contributed by atoms with Gasteiger partial charge in [-0.15, -0.1) is 35.3 Å². The highest BCUT2D eigenvalue weighted by Crippen LogP contribution is 2.28. The summed E-state index contributed by atoms with van der Waals surface area (Å²) in [7, 11) is -0.264. The maximum Gasteiger partial charge on any atom is 0.252 e. The van der Waals surface area contributed by atoms with Gasteiger partial charge in [-0.1, -0.05) is 25.7 Å². The average Bonchev–Trinajstić information content (AvgIpc) is 3.28. The summed E-state index contributed by atoms with van der Waals surface area (Å²) in [4.78, 5) is 5.53. The van der Waals surface area contributed by atoms with E-state index in [9.17, 15) is 8.42 Å². The lowest BCUT2D eigenvalue weighted by molar-refractivity contribution is 0.481. The Kier molecular flexibility index (Phi) is 11.2. The van der Waals surface area contributed by atoms with E-state index in [1.807, 2.05) is 13.0 Å². The molecule has 1 aromatic rings. The van der Waals surface area contributed by atoms with Crippen LogP contribution in [0.2, 0.25) is 0 Å². The predicted octanol–water partition coefficient (Wildman–Crippen LogP) is 3.64. The van der Waals surface area contributed by atoms with Gasteiger partial charge in [0.1, 0.15) is 4.21 Å². The van der Waals surface area contributed by atoms with Crippen molar-refractivity contribution in [2.75, 3.05) is 27.2 Å². The number of aliphatic imine (C=N–C) groups is 1. The minimum atomic E-state index is -3.36. The molecular formula is C18H33IN4O2S2. The monoisotopic (exact) mass is 528 g/mol. The lowest BCUT2D eigenvalue weighted by atomic mass is 10.0. The van der Waals surface area contributed by atoms with Crippen LogP contribution in [0.25, 0.3) is 0 Å². The molecule has 2 N–H and O–H groups in total. The van der Waals surface area contributed by atoms with Gasteiger partial charge < -0.3 is 10.6 Å². The van der Waals surface area contributed by atoms with E-state index in [2.05, 4.69) is 15.6 Å². The maximum absolute atomic E-state index is 12.1. The molecule has 1 saturated carbocycles. The third-order valence-corrected chi connectivity index (χ3v) is 8.02. The highest BCUT2D eigenvalue weighted by atomic mass is 127. The molecule has 1 aliphatic rings. The smallest absolute Gasteiger partial charge is 0.252 e. The molecule has 2 rings (SSSR count). The van der Waals surface area contributed by atoms with Crippen LogP contribution in [0, 0.1) is 5.92 Å². The Bertz CT molecular complexity index is 683. The van der Waals surface area contributed by atoms with E-state index >= 15 is 0 Å². The van der Waals surface area contributed by atoms with Gasteiger partial charge in [-0.05, 0) is 37.8 Å². The van der Waals surface area contributed by atoms with Crippen molar-refractivity contribution in [3.05, 3.63) is 17.0 Å². The van der Waals surface area contributed by atoms with E-state index in [0.29, 0.717) is 10.8 Å². The van der Waals surface area contributed by atoms with Crippen molar-refractivity contribution in [2.45, 2.75) is 56.2 Å². The molecule has 9 heteroatoms. The summed E-state index contributed by atoms with van der Waals surface area (Å²) in [6, 6.07) is 3.50. The number of nitrogens with one attached hydrogen (secondary N) is 2. The molecule has 0 radical (unpaired) electrons. The van der Waals surface area contributed by atoms with Crippen LogP contribution in [-0.2, 0) is 16.6 Å². The minimum absolute atomic E-state index is 0. The molecule has 0 atom stereocenters. The number of sulfonamides is 1. The molecule has 0 amide bonds. The second-order valence-corrected chi connectivity index (χ2v) is 10.5. The molecule has 156 valence electrons. The highest BCUT2D eigenvalue weighted by molar-refractivity contribution is 14.0. The SMILES string of the molecule is CCNC(=NCc1ccc(S(=O)(=O)N(C)C)s1)NCCCC1CCCC1.I. The number of nitrogens with zero attached hydrogens (tertiary/aromatic N) is 2. The standard InChI is InChI=1S/C18H32N4O2S2.HI/c1-4-19-18(20-13-7-10-15-8-5-6-9-15)21-14-16-11-12-17(25-16)26(23,24)22(2)3;/h11-12,15H,4-10,13-14H2,1-3H3,(H2,19,20,21);1H. The van der Waals surface area contributed by atoms with Gasteiger partial charge in [0.2, 0.25) is 0 Å². The number of hydrogen-bond acceptors (Lipinski definition) is 4. The number of guanidine groups is 1. The van der Waals surface area contributed by atoms with Crippen molar-refractivity contribution in [1.82, 2.24) is 14.9 Å². The van der Waals surface area contributed by atoms with Crippen LogP contribution >= 0.6 is 35.3 Å². The fraction of sp³-hybridized carbons (Fsp3) is 0.722. The number of rotatable bonds is 9. The normalized spacial score (nSPS) is 15.8. The average molecular weight is 529 g/mol. The lowest BCUT2D eigenvalue weighted by Crippen LogP contribution is -2.37. The first kappa shape index (κ1) is 24.6. The zero-order chi connectivity index (χ0) is 19.0. The molecule has 0 spiro atoms.